The summed E-state index contributed by atoms with van der Waals surface area (Å²) in [5.41, 5.74) is 2.56. The van der Waals surface area contributed by atoms with Crippen LogP contribution in [-0.2, 0) is 11.2 Å². The number of benzene rings is 1. The highest BCUT2D eigenvalue weighted by molar-refractivity contribution is 9.10. The predicted octanol–water partition coefficient (Wildman–Crippen LogP) is 3.67. The average Bonchev–Trinajstić information content (AvgIpc) is 2.92. The van der Waals surface area contributed by atoms with Crippen LogP contribution in [0.3, 0.4) is 0 Å². The van der Waals surface area contributed by atoms with E-state index in [1.807, 2.05) is 6.07 Å². The maximum absolute atomic E-state index is 11.5. The van der Waals surface area contributed by atoms with E-state index in [4.69, 9.17) is 0 Å². The van der Waals surface area contributed by atoms with Gasteiger partial charge in [-0.05, 0) is 56.4 Å². The molecule has 0 unspecified atom stereocenters. The van der Waals surface area contributed by atoms with Gasteiger partial charge in [0.25, 0.3) is 0 Å². The maximum atomic E-state index is 11.5. The zero-order valence-corrected chi connectivity index (χ0v) is 10.7. The first kappa shape index (κ1) is 10.9. The number of hydrogen-bond donors (Lipinski definition) is 0. The van der Waals surface area contributed by atoms with E-state index < -0.39 is 0 Å². The van der Waals surface area contributed by atoms with Gasteiger partial charge in [-0.2, -0.15) is 0 Å². The maximum Gasteiger partial charge on any atom is 0.136 e. The van der Waals surface area contributed by atoms with Crippen LogP contribution in [0.1, 0.15) is 30.9 Å². The first-order valence-corrected chi connectivity index (χ1v) is 6.09. The van der Waals surface area contributed by atoms with Gasteiger partial charge in [0.1, 0.15) is 5.78 Å². The lowest BCUT2D eigenvalue weighted by Crippen LogP contribution is -2.15. The van der Waals surface area contributed by atoms with Gasteiger partial charge in [-0.25, -0.2) is 0 Å². The van der Waals surface area contributed by atoms with Crippen LogP contribution in [0.5, 0.6) is 0 Å². The molecule has 0 spiro atoms. The molecule has 0 aromatic heterocycles. The lowest BCUT2D eigenvalue weighted by atomic mass is 9.91. The Balaban J connectivity index is 2.24. The number of ketones is 1. The molecule has 0 aliphatic heterocycles. The Kier molecular flexibility index (Phi) is 2.72. The largest absolute Gasteiger partial charge is 0.299 e. The summed E-state index contributed by atoms with van der Waals surface area (Å²) in [5.74, 6) is 0.349. The molecule has 1 aromatic rings. The van der Waals surface area contributed by atoms with E-state index in [0.717, 1.165) is 23.7 Å². The number of Topliss-reactive ketones (excluding diaryl/α,β-unsaturated/α-hetero) is 1. The lowest BCUT2D eigenvalue weighted by Gasteiger charge is -2.13. The molecule has 1 aliphatic rings. The number of carbonyl (C=O) groups excluding carboxylic acids is 1. The molecule has 2 rings (SSSR count). The Morgan fingerprint density at radius 2 is 2.13 bits per heavy atom. The van der Waals surface area contributed by atoms with Crippen LogP contribution in [-0.4, -0.2) is 5.78 Å². The molecule has 0 bridgehead atoms. The van der Waals surface area contributed by atoms with Crippen molar-refractivity contribution in [3.05, 3.63) is 33.8 Å². The fraction of sp³-hybridized carbons (Fsp3) is 0.462. The first-order valence-electron chi connectivity index (χ1n) is 5.30. The average molecular weight is 267 g/mol. The highest BCUT2D eigenvalue weighted by Crippen LogP contribution is 2.49. The molecule has 1 aliphatic carbocycles. The van der Waals surface area contributed by atoms with Crippen LogP contribution in [0.4, 0.5) is 0 Å². The second kappa shape index (κ2) is 3.75. The third-order valence-corrected chi connectivity index (χ3v) is 3.93. The quantitative estimate of drug-likeness (QED) is 0.816. The zero-order valence-electron chi connectivity index (χ0n) is 9.14. The topological polar surface area (TPSA) is 17.1 Å². The molecule has 1 saturated carbocycles. The number of hydrogen-bond acceptors (Lipinski definition) is 1. The van der Waals surface area contributed by atoms with E-state index in [-0.39, 0.29) is 5.41 Å². The minimum atomic E-state index is -0.0223. The summed E-state index contributed by atoms with van der Waals surface area (Å²) in [6, 6.07) is 6.29. The molecule has 2 heteroatoms. The van der Waals surface area contributed by atoms with Crippen LogP contribution in [0.15, 0.2) is 22.7 Å². The van der Waals surface area contributed by atoms with E-state index >= 15 is 0 Å². The van der Waals surface area contributed by atoms with E-state index in [9.17, 15) is 4.79 Å². The van der Waals surface area contributed by atoms with Gasteiger partial charge in [-0.15, -0.1) is 0 Å². The molecule has 0 N–H and O–H groups in total. The molecule has 1 fully saturated rings. The minimum absolute atomic E-state index is 0.0223. The van der Waals surface area contributed by atoms with E-state index in [1.54, 1.807) is 6.92 Å². The van der Waals surface area contributed by atoms with Crippen LogP contribution in [0, 0.1) is 12.3 Å². The molecule has 0 radical (unpaired) electrons. The van der Waals surface area contributed by atoms with Crippen molar-refractivity contribution in [2.75, 3.05) is 0 Å². The van der Waals surface area contributed by atoms with Crippen LogP contribution >= 0.6 is 15.9 Å². The van der Waals surface area contributed by atoms with Crippen LogP contribution in [0.25, 0.3) is 0 Å². The van der Waals surface area contributed by atoms with Crippen molar-refractivity contribution in [2.45, 2.75) is 33.1 Å². The summed E-state index contributed by atoms with van der Waals surface area (Å²) < 4.78 is 1.10. The van der Waals surface area contributed by atoms with Gasteiger partial charge in [0, 0.05) is 9.89 Å². The number of aryl methyl sites for hydroxylation is 1. The van der Waals surface area contributed by atoms with E-state index in [1.165, 1.54) is 11.1 Å². The molecule has 0 amide bonds. The highest BCUT2D eigenvalue weighted by Gasteiger charge is 2.47. The molecule has 0 heterocycles. The van der Waals surface area contributed by atoms with Gasteiger partial charge >= 0.3 is 0 Å². The third-order valence-electron chi connectivity index (χ3n) is 3.44. The Bertz CT molecular complexity index is 405. The second-order valence-corrected chi connectivity index (χ2v) is 5.50. The SMILES string of the molecule is CC(=O)C1(Cc2cc(Br)ccc2C)CC1. The standard InChI is InChI=1S/C13H15BrO/c1-9-3-4-12(14)7-11(9)8-13(5-6-13)10(2)15/h3-4,7H,5-6,8H2,1-2H3. The molecule has 1 nitrogen and oxygen atoms in total. The molecular formula is C13H15BrO. The third kappa shape index (κ3) is 2.15. The fourth-order valence-corrected chi connectivity index (χ4v) is 2.41. The summed E-state index contributed by atoms with van der Waals surface area (Å²) in [5, 5.41) is 0. The number of carbonyl (C=O) groups is 1. The lowest BCUT2D eigenvalue weighted by molar-refractivity contribution is -0.121. The van der Waals surface area contributed by atoms with Crippen molar-refractivity contribution >= 4 is 21.7 Å². The van der Waals surface area contributed by atoms with E-state index in [0.29, 0.717) is 5.78 Å². The molecule has 0 saturated heterocycles. The Labute approximate surface area is 99.0 Å². The van der Waals surface area contributed by atoms with Crippen molar-refractivity contribution in [1.82, 2.24) is 0 Å². The zero-order chi connectivity index (χ0) is 11.1. The summed E-state index contributed by atoms with van der Waals surface area (Å²) in [6.45, 7) is 3.83. The normalized spacial score (nSPS) is 17.5. The second-order valence-electron chi connectivity index (χ2n) is 4.58. The summed E-state index contributed by atoms with van der Waals surface area (Å²) in [6.07, 6.45) is 3.04. The van der Waals surface area contributed by atoms with Gasteiger partial charge in [-0.1, -0.05) is 22.0 Å². The molecule has 0 atom stereocenters. The highest BCUT2D eigenvalue weighted by atomic mass is 79.9. The van der Waals surface area contributed by atoms with Gasteiger partial charge in [0.2, 0.25) is 0 Å². The number of halogens is 1. The van der Waals surface area contributed by atoms with Crippen molar-refractivity contribution in [3.63, 3.8) is 0 Å². The Morgan fingerprint density at radius 3 is 2.67 bits per heavy atom. The van der Waals surface area contributed by atoms with Gasteiger partial charge in [-0.3, -0.25) is 4.79 Å². The number of rotatable bonds is 3. The molecule has 15 heavy (non-hydrogen) atoms. The van der Waals surface area contributed by atoms with Gasteiger partial charge < -0.3 is 0 Å². The molecule has 80 valence electrons. The van der Waals surface area contributed by atoms with E-state index in [2.05, 4.69) is 35.0 Å². The van der Waals surface area contributed by atoms with Crippen molar-refractivity contribution in [3.8, 4) is 0 Å². The monoisotopic (exact) mass is 266 g/mol. The van der Waals surface area contributed by atoms with Crippen molar-refractivity contribution < 1.29 is 4.79 Å². The summed E-state index contributed by atoms with van der Waals surface area (Å²) >= 11 is 3.48. The van der Waals surface area contributed by atoms with Crippen molar-refractivity contribution in [1.29, 1.82) is 0 Å². The van der Waals surface area contributed by atoms with Crippen LogP contribution in [0.2, 0.25) is 0 Å². The summed E-state index contributed by atoms with van der Waals surface area (Å²) in [4.78, 5) is 11.5. The molecular weight excluding hydrogens is 252 g/mol. The Hall–Kier alpha value is -0.630. The Morgan fingerprint density at radius 1 is 1.47 bits per heavy atom. The van der Waals surface area contributed by atoms with Gasteiger partial charge in [0.15, 0.2) is 0 Å². The fourth-order valence-electron chi connectivity index (χ4n) is 2.00. The van der Waals surface area contributed by atoms with Crippen molar-refractivity contribution in [2.24, 2.45) is 5.41 Å². The predicted molar refractivity (Wildman–Crippen MR) is 64.9 cm³/mol. The van der Waals surface area contributed by atoms with Gasteiger partial charge in [0.05, 0.1) is 0 Å². The minimum Gasteiger partial charge on any atom is -0.299 e. The van der Waals surface area contributed by atoms with Crippen LogP contribution < -0.4 is 0 Å². The first-order chi connectivity index (χ1) is 7.03. The molecule has 1 aromatic carbocycles. The summed E-state index contributed by atoms with van der Waals surface area (Å²) in [7, 11) is 0. The smallest absolute Gasteiger partial charge is 0.136 e.